The summed E-state index contributed by atoms with van der Waals surface area (Å²) in [5.74, 6) is 0.694. The molecule has 0 bridgehead atoms. The summed E-state index contributed by atoms with van der Waals surface area (Å²) in [7, 11) is 0. The van der Waals surface area contributed by atoms with Crippen LogP contribution >= 0.6 is 0 Å². The van der Waals surface area contributed by atoms with Gasteiger partial charge in [-0.1, -0.05) is 12.1 Å². The number of rotatable bonds is 6. The maximum Gasteiger partial charge on any atom is 0.138 e. The molecule has 0 saturated heterocycles. The smallest absolute Gasteiger partial charge is 0.138 e. The zero-order valence-electron chi connectivity index (χ0n) is 11.1. The molecule has 1 atom stereocenters. The van der Waals surface area contributed by atoms with Gasteiger partial charge in [0.15, 0.2) is 0 Å². The standard InChI is InChI=1S/C14H20N2O2/c1-11(2)16-14(3,9-15)10-18-13-6-4-12(8-17)5-7-13/h4-7,11,16-17H,8,10H2,1-3H3. The van der Waals surface area contributed by atoms with E-state index in [4.69, 9.17) is 15.1 Å². The van der Waals surface area contributed by atoms with Crippen LogP contribution in [0.25, 0.3) is 0 Å². The molecular formula is C14H20N2O2. The van der Waals surface area contributed by atoms with Crippen molar-refractivity contribution in [2.75, 3.05) is 6.61 Å². The summed E-state index contributed by atoms with van der Waals surface area (Å²) in [6.45, 7) is 6.09. The summed E-state index contributed by atoms with van der Waals surface area (Å²) < 4.78 is 5.60. The number of aliphatic hydroxyl groups excluding tert-OH is 1. The van der Waals surface area contributed by atoms with Crippen molar-refractivity contribution in [1.29, 1.82) is 5.26 Å². The van der Waals surface area contributed by atoms with Gasteiger partial charge in [0.2, 0.25) is 0 Å². The molecule has 0 aliphatic carbocycles. The van der Waals surface area contributed by atoms with Gasteiger partial charge in [-0.15, -0.1) is 0 Å². The molecule has 0 radical (unpaired) electrons. The highest BCUT2D eigenvalue weighted by Gasteiger charge is 2.25. The van der Waals surface area contributed by atoms with Crippen LogP contribution in [0.3, 0.4) is 0 Å². The van der Waals surface area contributed by atoms with E-state index in [9.17, 15) is 0 Å². The van der Waals surface area contributed by atoms with Crippen LogP contribution in [0.5, 0.6) is 5.75 Å². The Labute approximate surface area is 108 Å². The number of benzene rings is 1. The van der Waals surface area contributed by atoms with E-state index in [1.807, 2.05) is 20.8 Å². The minimum absolute atomic E-state index is 0.0189. The lowest BCUT2D eigenvalue weighted by Gasteiger charge is -2.25. The van der Waals surface area contributed by atoms with Gasteiger partial charge in [-0.3, -0.25) is 5.32 Å². The highest BCUT2D eigenvalue weighted by atomic mass is 16.5. The number of hydrogen-bond acceptors (Lipinski definition) is 4. The fraction of sp³-hybridized carbons (Fsp3) is 0.500. The zero-order valence-corrected chi connectivity index (χ0v) is 11.1. The molecule has 0 fully saturated rings. The average molecular weight is 248 g/mol. The Balaban J connectivity index is 2.59. The Morgan fingerprint density at radius 2 is 2.00 bits per heavy atom. The average Bonchev–Trinajstić information content (AvgIpc) is 2.36. The van der Waals surface area contributed by atoms with E-state index < -0.39 is 5.54 Å². The lowest BCUT2D eigenvalue weighted by Crippen LogP contribution is -2.49. The predicted octanol–water partition coefficient (Wildman–Crippen LogP) is 1.84. The van der Waals surface area contributed by atoms with Crippen molar-refractivity contribution in [1.82, 2.24) is 5.32 Å². The number of nitriles is 1. The number of aliphatic hydroxyl groups is 1. The van der Waals surface area contributed by atoms with Crippen molar-refractivity contribution in [3.63, 3.8) is 0 Å². The molecule has 0 saturated carbocycles. The maximum atomic E-state index is 9.17. The third-order valence-corrected chi connectivity index (χ3v) is 2.49. The van der Waals surface area contributed by atoms with Gasteiger partial charge in [0.25, 0.3) is 0 Å². The lowest BCUT2D eigenvalue weighted by molar-refractivity contribution is 0.225. The van der Waals surface area contributed by atoms with Gasteiger partial charge in [0.1, 0.15) is 17.9 Å². The molecule has 1 aromatic carbocycles. The molecule has 98 valence electrons. The van der Waals surface area contributed by atoms with Crippen molar-refractivity contribution in [2.24, 2.45) is 0 Å². The molecule has 2 N–H and O–H groups in total. The SMILES string of the molecule is CC(C)NC(C)(C#N)COc1ccc(CO)cc1. The van der Waals surface area contributed by atoms with Crippen molar-refractivity contribution in [2.45, 2.75) is 39.0 Å². The second kappa shape index (κ2) is 6.39. The number of nitrogens with one attached hydrogen (secondary N) is 1. The maximum absolute atomic E-state index is 9.17. The Morgan fingerprint density at radius 3 is 2.44 bits per heavy atom. The topological polar surface area (TPSA) is 65.3 Å². The molecule has 18 heavy (non-hydrogen) atoms. The first-order valence-electron chi connectivity index (χ1n) is 6.00. The minimum atomic E-state index is -0.705. The molecule has 4 heteroatoms. The van der Waals surface area contributed by atoms with E-state index >= 15 is 0 Å². The van der Waals surface area contributed by atoms with E-state index in [1.54, 1.807) is 24.3 Å². The van der Waals surface area contributed by atoms with Gasteiger partial charge in [-0.25, -0.2) is 0 Å². The van der Waals surface area contributed by atoms with Crippen LogP contribution in [0.2, 0.25) is 0 Å². The van der Waals surface area contributed by atoms with Gasteiger partial charge >= 0.3 is 0 Å². The van der Waals surface area contributed by atoms with Crippen LogP contribution in [0, 0.1) is 11.3 Å². The van der Waals surface area contributed by atoms with Crippen LogP contribution in [-0.2, 0) is 6.61 Å². The van der Waals surface area contributed by atoms with Gasteiger partial charge < -0.3 is 9.84 Å². The highest BCUT2D eigenvalue weighted by Crippen LogP contribution is 2.14. The summed E-state index contributed by atoms with van der Waals surface area (Å²) in [6.07, 6.45) is 0. The predicted molar refractivity (Wildman–Crippen MR) is 70.1 cm³/mol. The zero-order chi connectivity index (χ0) is 13.6. The first kappa shape index (κ1) is 14.5. The molecule has 1 unspecified atom stereocenters. The second-order valence-electron chi connectivity index (χ2n) is 4.83. The molecule has 1 rings (SSSR count). The van der Waals surface area contributed by atoms with Crippen LogP contribution in [0.4, 0.5) is 0 Å². The number of nitrogens with zero attached hydrogens (tertiary/aromatic N) is 1. The van der Waals surface area contributed by atoms with Crippen LogP contribution in [0.1, 0.15) is 26.3 Å². The van der Waals surface area contributed by atoms with E-state index in [0.717, 1.165) is 5.56 Å². The molecule has 4 nitrogen and oxygen atoms in total. The van der Waals surface area contributed by atoms with E-state index in [-0.39, 0.29) is 19.3 Å². The summed E-state index contributed by atoms with van der Waals surface area (Å²) in [5, 5.41) is 21.3. The fourth-order valence-electron chi connectivity index (χ4n) is 1.66. The molecular weight excluding hydrogens is 228 g/mol. The van der Waals surface area contributed by atoms with Crippen molar-refractivity contribution in [3.05, 3.63) is 29.8 Å². The number of hydrogen-bond donors (Lipinski definition) is 2. The molecule has 0 aliphatic heterocycles. The quantitative estimate of drug-likeness (QED) is 0.806. The first-order chi connectivity index (χ1) is 8.49. The fourth-order valence-corrected chi connectivity index (χ4v) is 1.66. The molecule has 0 amide bonds. The number of ether oxygens (including phenoxy) is 1. The van der Waals surface area contributed by atoms with Gasteiger partial charge in [0, 0.05) is 6.04 Å². The second-order valence-corrected chi connectivity index (χ2v) is 4.83. The monoisotopic (exact) mass is 248 g/mol. The third kappa shape index (κ3) is 4.36. The minimum Gasteiger partial charge on any atom is -0.491 e. The molecule has 0 heterocycles. The molecule has 0 spiro atoms. The Kier molecular flexibility index (Phi) is 5.14. The van der Waals surface area contributed by atoms with Crippen LogP contribution in [0.15, 0.2) is 24.3 Å². The summed E-state index contributed by atoms with van der Waals surface area (Å²) >= 11 is 0. The third-order valence-electron chi connectivity index (χ3n) is 2.49. The van der Waals surface area contributed by atoms with Gasteiger partial charge in [-0.2, -0.15) is 5.26 Å². The van der Waals surface area contributed by atoms with Crippen molar-refractivity contribution < 1.29 is 9.84 Å². The Morgan fingerprint density at radius 1 is 1.39 bits per heavy atom. The summed E-state index contributed by atoms with van der Waals surface area (Å²) in [6, 6.07) is 9.63. The van der Waals surface area contributed by atoms with Gasteiger partial charge in [-0.05, 0) is 38.5 Å². The summed E-state index contributed by atoms with van der Waals surface area (Å²) in [4.78, 5) is 0. The van der Waals surface area contributed by atoms with Crippen LogP contribution in [-0.4, -0.2) is 23.3 Å². The van der Waals surface area contributed by atoms with E-state index in [0.29, 0.717) is 5.75 Å². The molecule has 0 aliphatic rings. The highest BCUT2D eigenvalue weighted by molar-refractivity contribution is 5.27. The van der Waals surface area contributed by atoms with Gasteiger partial charge in [0.05, 0.1) is 12.7 Å². The molecule has 1 aromatic rings. The first-order valence-corrected chi connectivity index (χ1v) is 6.00. The van der Waals surface area contributed by atoms with Crippen molar-refractivity contribution >= 4 is 0 Å². The normalized spacial score (nSPS) is 14.0. The Hall–Kier alpha value is -1.57. The van der Waals surface area contributed by atoms with Crippen molar-refractivity contribution in [3.8, 4) is 11.8 Å². The van der Waals surface area contributed by atoms with E-state index in [1.165, 1.54) is 0 Å². The molecule has 0 aromatic heterocycles. The van der Waals surface area contributed by atoms with Crippen LogP contribution < -0.4 is 10.1 Å². The lowest BCUT2D eigenvalue weighted by atomic mass is 10.1. The van der Waals surface area contributed by atoms with E-state index in [2.05, 4.69) is 11.4 Å². The largest absolute Gasteiger partial charge is 0.491 e. The Bertz CT molecular complexity index is 409. The summed E-state index contributed by atoms with van der Waals surface area (Å²) in [5.41, 5.74) is 0.134.